The predicted molar refractivity (Wildman–Crippen MR) is 73.0 cm³/mol. The molecule has 0 saturated heterocycles. The van der Waals surface area contributed by atoms with Gasteiger partial charge in [-0.3, -0.25) is 0 Å². The molecule has 4 heteroatoms. The van der Waals surface area contributed by atoms with Gasteiger partial charge in [-0.1, -0.05) is 11.6 Å². The molecule has 0 amide bonds. The van der Waals surface area contributed by atoms with Crippen molar-refractivity contribution in [3.05, 3.63) is 45.4 Å². The second-order valence-corrected chi connectivity index (χ2v) is 5.64. The van der Waals surface area contributed by atoms with E-state index >= 15 is 0 Å². The van der Waals surface area contributed by atoms with Gasteiger partial charge in [0.2, 0.25) is 0 Å². The van der Waals surface area contributed by atoms with E-state index in [-0.39, 0.29) is 0 Å². The van der Waals surface area contributed by atoms with Gasteiger partial charge >= 0.3 is 0 Å². The number of anilines is 1. The third-order valence-corrected chi connectivity index (χ3v) is 4.52. The van der Waals surface area contributed by atoms with Gasteiger partial charge < -0.3 is 4.90 Å². The molecule has 1 unspecified atom stereocenters. The smallest absolute Gasteiger partial charge is 0.131 e. The first-order valence-electron chi connectivity index (χ1n) is 5.70. The van der Waals surface area contributed by atoms with Crippen molar-refractivity contribution in [1.29, 1.82) is 0 Å². The standard InChI is InChI=1S/C13H13ClN2S/c1-9-11-4-7-17-12(11)3-6-16(9)10-2-5-15-13(14)8-10/h2,4-5,7-9H,3,6H2,1H3. The van der Waals surface area contributed by atoms with Crippen LogP contribution in [0.4, 0.5) is 5.69 Å². The molecule has 17 heavy (non-hydrogen) atoms. The van der Waals surface area contributed by atoms with E-state index in [0.29, 0.717) is 11.2 Å². The molecule has 0 aromatic carbocycles. The minimum atomic E-state index is 0.420. The number of aromatic nitrogens is 1. The Morgan fingerprint density at radius 2 is 2.35 bits per heavy atom. The molecule has 0 spiro atoms. The van der Waals surface area contributed by atoms with Crippen molar-refractivity contribution in [3.63, 3.8) is 0 Å². The molecule has 1 aliphatic rings. The highest BCUT2D eigenvalue weighted by atomic mass is 35.5. The van der Waals surface area contributed by atoms with Crippen LogP contribution in [-0.4, -0.2) is 11.5 Å². The molecule has 3 heterocycles. The van der Waals surface area contributed by atoms with Crippen LogP contribution in [0.25, 0.3) is 0 Å². The third-order valence-electron chi connectivity index (χ3n) is 3.32. The highest BCUT2D eigenvalue weighted by Crippen LogP contribution is 2.36. The zero-order valence-corrected chi connectivity index (χ0v) is 11.1. The summed E-state index contributed by atoms with van der Waals surface area (Å²) in [4.78, 5) is 7.95. The normalized spacial score (nSPS) is 19.2. The minimum Gasteiger partial charge on any atom is -0.364 e. The van der Waals surface area contributed by atoms with E-state index in [1.807, 2.05) is 23.5 Å². The van der Waals surface area contributed by atoms with E-state index in [2.05, 4.69) is 28.3 Å². The molecule has 1 atom stereocenters. The Balaban J connectivity index is 1.96. The number of hydrogen-bond acceptors (Lipinski definition) is 3. The topological polar surface area (TPSA) is 16.1 Å². The van der Waals surface area contributed by atoms with Crippen LogP contribution in [0.5, 0.6) is 0 Å². The van der Waals surface area contributed by atoms with Crippen molar-refractivity contribution < 1.29 is 0 Å². The van der Waals surface area contributed by atoms with Crippen molar-refractivity contribution >= 4 is 28.6 Å². The van der Waals surface area contributed by atoms with Crippen LogP contribution in [0, 0.1) is 0 Å². The van der Waals surface area contributed by atoms with E-state index in [1.54, 1.807) is 6.20 Å². The lowest BCUT2D eigenvalue weighted by Gasteiger charge is -2.35. The molecule has 0 aliphatic carbocycles. The van der Waals surface area contributed by atoms with Gasteiger partial charge in [0.1, 0.15) is 5.15 Å². The summed E-state index contributed by atoms with van der Waals surface area (Å²) in [7, 11) is 0. The number of nitrogens with zero attached hydrogens (tertiary/aromatic N) is 2. The molecule has 2 aromatic rings. The maximum atomic E-state index is 5.96. The molecule has 88 valence electrons. The SMILES string of the molecule is CC1c2ccsc2CCN1c1ccnc(Cl)c1. The molecule has 0 bridgehead atoms. The Hall–Kier alpha value is -1.06. The summed E-state index contributed by atoms with van der Waals surface area (Å²) in [5.74, 6) is 0. The van der Waals surface area contributed by atoms with Gasteiger partial charge in [0.05, 0.1) is 6.04 Å². The van der Waals surface area contributed by atoms with Crippen LogP contribution in [0.1, 0.15) is 23.4 Å². The van der Waals surface area contributed by atoms with Crippen LogP contribution in [0.2, 0.25) is 5.15 Å². The largest absolute Gasteiger partial charge is 0.364 e. The highest BCUT2D eigenvalue weighted by molar-refractivity contribution is 7.10. The number of hydrogen-bond donors (Lipinski definition) is 0. The summed E-state index contributed by atoms with van der Waals surface area (Å²) >= 11 is 7.82. The van der Waals surface area contributed by atoms with Gasteiger partial charge in [0, 0.05) is 23.3 Å². The monoisotopic (exact) mass is 264 g/mol. The average molecular weight is 265 g/mol. The van der Waals surface area contributed by atoms with E-state index in [0.717, 1.165) is 18.7 Å². The summed E-state index contributed by atoms with van der Waals surface area (Å²) in [6.45, 7) is 3.30. The number of fused-ring (bicyclic) bond motifs is 1. The molecule has 0 fully saturated rings. The molecule has 0 radical (unpaired) electrons. The zero-order valence-electron chi connectivity index (χ0n) is 9.56. The van der Waals surface area contributed by atoms with Crippen molar-refractivity contribution in [2.24, 2.45) is 0 Å². The molecule has 0 saturated carbocycles. The average Bonchev–Trinajstić information content (AvgIpc) is 2.78. The number of halogens is 1. The molecular formula is C13H13ClN2S. The van der Waals surface area contributed by atoms with Gasteiger partial charge in [0.15, 0.2) is 0 Å². The van der Waals surface area contributed by atoms with E-state index in [9.17, 15) is 0 Å². The summed E-state index contributed by atoms with van der Waals surface area (Å²) in [6.07, 6.45) is 2.89. The van der Waals surface area contributed by atoms with Crippen LogP contribution in [0.15, 0.2) is 29.8 Å². The van der Waals surface area contributed by atoms with Crippen molar-refractivity contribution in [3.8, 4) is 0 Å². The maximum absolute atomic E-state index is 5.96. The van der Waals surface area contributed by atoms with Gasteiger partial charge in [-0.2, -0.15) is 0 Å². The molecule has 2 nitrogen and oxygen atoms in total. The molecule has 3 rings (SSSR count). The maximum Gasteiger partial charge on any atom is 0.131 e. The molecular weight excluding hydrogens is 252 g/mol. The fourth-order valence-electron chi connectivity index (χ4n) is 2.43. The lowest BCUT2D eigenvalue weighted by Crippen LogP contribution is -2.33. The van der Waals surface area contributed by atoms with E-state index in [1.165, 1.54) is 10.4 Å². The number of thiophene rings is 1. The second kappa shape index (κ2) is 4.31. The fourth-order valence-corrected chi connectivity index (χ4v) is 3.56. The zero-order chi connectivity index (χ0) is 11.8. The Bertz CT molecular complexity index is 538. The van der Waals surface area contributed by atoms with Crippen LogP contribution < -0.4 is 4.90 Å². The Kier molecular flexibility index (Phi) is 2.81. The van der Waals surface area contributed by atoms with Crippen LogP contribution >= 0.6 is 22.9 Å². The minimum absolute atomic E-state index is 0.420. The van der Waals surface area contributed by atoms with E-state index in [4.69, 9.17) is 11.6 Å². The first kappa shape index (κ1) is 11.1. The highest BCUT2D eigenvalue weighted by Gasteiger charge is 2.24. The summed E-state index contributed by atoms with van der Waals surface area (Å²) in [5, 5.41) is 2.75. The van der Waals surface area contributed by atoms with Gasteiger partial charge in [-0.25, -0.2) is 4.98 Å². The van der Waals surface area contributed by atoms with Crippen molar-refractivity contribution in [1.82, 2.24) is 4.98 Å². The number of rotatable bonds is 1. The lowest BCUT2D eigenvalue weighted by molar-refractivity contribution is 0.632. The Morgan fingerprint density at radius 3 is 3.18 bits per heavy atom. The third kappa shape index (κ3) is 1.94. The van der Waals surface area contributed by atoms with E-state index < -0.39 is 0 Å². The Morgan fingerprint density at radius 1 is 1.47 bits per heavy atom. The molecule has 0 N–H and O–H groups in total. The first-order chi connectivity index (χ1) is 8.25. The Labute approximate surface area is 110 Å². The van der Waals surface area contributed by atoms with Crippen molar-refractivity contribution in [2.75, 3.05) is 11.4 Å². The van der Waals surface area contributed by atoms with Gasteiger partial charge in [-0.05, 0) is 42.5 Å². The summed E-state index contributed by atoms with van der Waals surface area (Å²) in [5.41, 5.74) is 2.61. The molecule has 1 aliphatic heterocycles. The summed E-state index contributed by atoms with van der Waals surface area (Å²) in [6, 6.07) is 6.62. The molecule has 2 aromatic heterocycles. The fraction of sp³-hybridized carbons (Fsp3) is 0.308. The lowest BCUT2D eigenvalue weighted by atomic mass is 10.0. The van der Waals surface area contributed by atoms with Crippen LogP contribution in [0.3, 0.4) is 0 Å². The van der Waals surface area contributed by atoms with Crippen LogP contribution in [-0.2, 0) is 6.42 Å². The quantitative estimate of drug-likeness (QED) is 0.726. The first-order valence-corrected chi connectivity index (χ1v) is 6.96. The second-order valence-electron chi connectivity index (χ2n) is 4.26. The predicted octanol–water partition coefficient (Wildman–Crippen LogP) is 3.92. The number of pyridine rings is 1. The van der Waals surface area contributed by atoms with Gasteiger partial charge in [-0.15, -0.1) is 11.3 Å². The van der Waals surface area contributed by atoms with Gasteiger partial charge in [0.25, 0.3) is 0 Å². The van der Waals surface area contributed by atoms with Crippen molar-refractivity contribution in [2.45, 2.75) is 19.4 Å². The summed E-state index contributed by atoms with van der Waals surface area (Å²) < 4.78 is 0.